The Kier molecular flexibility index (Phi) is 7.58. The minimum Gasteiger partial charge on any atom is -0.350 e. The Labute approximate surface area is 227 Å². The SMILES string of the molecule is CCc1ccccc1N1C(=O)C(Cl)=C(Nc2ccc(C(=O)N3CC[NH+](Cc4ccccc4)CC3)cc2)C1=O. The number of hydrogen-bond donors (Lipinski definition) is 2. The number of carbonyl (C=O) groups excluding carboxylic acids is 3. The molecule has 7 nitrogen and oxygen atoms in total. The van der Waals surface area contributed by atoms with Crippen LogP contribution in [-0.4, -0.2) is 48.8 Å². The molecule has 3 aromatic carbocycles. The molecule has 2 aliphatic heterocycles. The average molecular weight is 530 g/mol. The van der Waals surface area contributed by atoms with Crippen molar-refractivity contribution in [1.29, 1.82) is 0 Å². The summed E-state index contributed by atoms with van der Waals surface area (Å²) in [5, 5.41) is 2.83. The normalized spacial score (nSPS) is 16.4. The van der Waals surface area contributed by atoms with Crippen LogP contribution in [0.25, 0.3) is 0 Å². The van der Waals surface area contributed by atoms with Gasteiger partial charge in [-0.15, -0.1) is 0 Å². The Hall–Kier alpha value is -3.94. The zero-order chi connectivity index (χ0) is 26.6. The number of amides is 3. The summed E-state index contributed by atoms with van der Waals surface area (Å²) in [4.78, 5) is 43.6. The van der Waals surface area contributed by atoms with E-state index in [0.717, 1.165) is 30.1 Å². The summed E-state index contributed by atoms with van der Waals surface area (Å²) in [6.07, 6.45) is 0.673. The van der Waals surface area contributed by atoms with Gasteiger partial charge >= 0.3 is 0 Å². The summed E-state index contributed by atoms with van der Waals surface area (Å²) >= 11 is 6.30. The lowest BCUT2D eigenvalue weighted by atomic mass is 10.1. The lowest BCUT2D eigenvalue weighted by molar-refractivity contribution is -0.917. The molecule has 2 heterocycles. The second-order valence-corrected chi connectivity index (χ2v) is 9.90. The molecule has 0 unspecified atom stereocenters. The van der Waals surface area contributed by atoms with Crippen molar-refractivity contribution in [2.75, 3.05) is 36.4 Å². The zero-order valence-corrected chi connectivity index (χ0v) is 22.0. The molecule has 1 saturated heterocycles. The molecule has 2 N–H and O–H groups in total. The molecule has 0 radical (unpaired) electrons. The van der Waals surface area contributed by atoms with Crippen LogP contribution in [0.4, 0.5) is 11.4 Å². The van der Waals surface area contributed by atoms with Crippen molar-refractivity contribution in [1.82, 2.24) is 4.90 Å². The standard InChI is InChI=1S/C30H29ClN4O3/c1-2-22-10-6-7-11-25(22)35-29(37)26(31)27(30(35)38)32-24-14-12-23(13-15-24)28(36)34-18-16-33(17-19-34)20-21-8-4-3-5-9-21/h3-15,32H,2,16-20H2,1H3/p+1. The number of carbonyl (C=O) groups is 3. The summed E-state index contributed by atoms with van der Waals surface area (Å²) < 4.78 is 0. The number of para-hydroxylation sites is 1. The summed E-state index contributed by atoms with van der Waals surface area (Å²) in [7, 11) is 0. The largest absolute Gasteiger partial charge is 0.350 e. The number of quaternary nitrogens is 1. The van der Waals surface area contributed by atoms with E-state index in [0.29, 0.717) is 36.4 Å². The summed E-state index contributed by atoms with van der Waals surface area (Å²) in [6.45, 7) is 6.14. The molecule has 0 bridgehead atoms. The first kappa shape index (κ1) is 25.7. The third kappa shape index (κ3) is 5.21. The van der Waals surface area contributed by atoms with Crippen molar-refractivity contribution in [2.24, 2.45) is 0 Å². The number of piperazine rings is 1. The van der Waals surface area contributed by atoms with Crippen molar-refractivity contribution >= 4 is 40.7 Å². The minimum atomic E-state index is -0.555. The van der Waals surface area contributed by atoms with Gasteiger partial charge in [0.25, 0.3) is 17.7 Å². The van der Waals surface area contributed by atoms with Gasteiger partial charge in [-0.05, 0) is 42.3 Å². The van der Waals surface area contributed by atoms with Crippen molar-refractivity contribution in [2.45, 2.75) is 19.9 Å². The molecule has 194 valence electrons. The van der Waals surface area contributed by atoms with E-state index in [1.54, 1.807) is 36.4 Å². The Morgan fingerprint density at radius 2 is 1.55 bits per heavy atom. The van der Waals surface area contributed by atoms with Crippen molar-refractivity contribution in [3.8, 4) is 0 Å². The number of nitrogens with zero attached hydrogens (tertiary/aromatic N) is 2. The summed E-state index contributed by atoms with van der Waals surface area (Å²) in [5.41, 5.74) is 3.89. The van der Waals surface area contributed by atoms with Crippen LogP contribution in [0.2, 0.25) is 0 Å². The molecule has 5 rings (SSSR count). The Balaban J connectivity index is 1.21. The molecule has 0 aliphatic carbocycles. The lowest BCUT2D eigenvalue weighted by Crippen LogP contribution is -3.13. The van der Waals surface area contributed by atoms with Crippen molar-refractivity contribution < 1.29 is 19.3 Å². The fourth-order valence-electron chi connectivity index (χ4n) is 4.97. The van der Waals surface area contributed by atoms with Gasteiger partial charge in [0, 0.05) is 16.8 Å². The molecule has 1 fully saturated rings. The van der Waals surface area contributed by atoms with Crippen LogP contribution in [0.5, 0.6) is 0 Å². The van der Waals surface area contributed by atoms with Crippen LogP contribution in [0.15, 0.2) is 89.6 Å². The molecule has 0 atom stereocenters. The van der Waals surface area contributed by atoms with E-state index in [1.807, 2.05) is 30.0 Å². The quantitative estimate of drug-likeness (QED) is 0.461. The van der Waals surface area contributed by atoms with Crippen LogP contribution < -0.4 is 15.1 Å². The van der Waals surface area contributed by atoms with E-state index < -0.39 is 11.8 Å². The first-order chi connectivity index (χ1) is 18.5. The first-order valence-electron chi connectivity index (χ1n) is 12.9. The van der Waals surface area contributed by atoms with Gasteiger partial charge in [0.2, 0.25) is 0 Å². The number of nitrogens with one attached hydrogen (secondary N) is 2. The molecule has 3 aromatic rings. The molecule has 3 amide bonds. The van der Waals surface area contributed by atoms with Crippen molar-refractivity contribution in [3.63, 3.8) is 0 Å². The minimum absolute atomic E-state index is 0.0120. The number of hydrogen-bond acceptors (Lipinski definition) is 4. The fraction of sp³-hybridized carbons (Fsp3) is 0.233. The van der Waals surface area contributed by atoms with Crippen LogP contribution in [0, 0.1) is 0 Å². The molecular formula is C30H30ClN4O3+. The second-order valence-electron chi connectivity index (χ2n) is 9.52. The molecule has 0 spiro atoms. The summed E-state index contributed by atoms with van der Waals surface area (Å²) in [6, 6.07) is 24.6. The fourth-order valence-corrected chi connectivity index (χ4v) is 5.18. The van der Waals surface area contributed by atoms with Crippen LogP contribution in [0.1, 0.15) is 28.4 Å². The van der Waals surface area contributed by atoms with Gasteiger partial charge in [-0.2, -0.15) is 0 Å². The number of anilines is 2. The molecule has 0 saturated carbocycles. The van der Waals surface area contributed by atoms with Gasteiger partial charge in [0.05, 0.1) is 31.9 Å². The maximum atomic E-state index is 13.2. The molecule has 2 aliphatic rings. The number of halogens is 1. The van der Waals surface area contributed by atoms with E-state index >= 15 is 0 Å². The van der Waals surface area contributed by atoms with Gasteiger partial charge in [-0.3, -0.25) is 14.4 Å². The zero-order valence-electron chi connectivity index (χ0n) is 21.2. The number of rotatable bonds is 7. The van der Waals surface area contributed by atoms with Gasteiger partial charge in [0.1, 0.15) is 17.3 Å². The highest BCUT2D eigenvalue weighted by Crippen LogP contribution is 2.32. The first-order valence-corrected chi connectivity index (χ1v) is 13.2. The Bertz CT molecular complexity index is 1380. The molecular weight excluding hydrogens is 500 g/mol. The predicted molar refractivity (Wildman–Crippen MR) is 148 cm³/mol. The number of aryl methyl sites for hydroxylation is 1. The highest BCUT2D eigenvalue weighted by Gasteiger charge is 2.39. The third-order valence-corrected chi connectivity index (χ3v) is 7.45. The lowest BCUT2D eigenvalue weighted by Gasteiger charge is -2.32. The molecule has 38 heavy (non-hydrogen) atoms. The maximum absolute atomic E-state index is 13.2. The van der Waals surface area contributed by atoms with Gasteiger partial charge in [-0.25, -0.2) is 4.90 Å². The third-order valence-electron chi connectivity index (χ3n) is 7.10. The average Bonchev–Trinajstić information content (AvgIpc) is 3.16. The highest BCUT2D eigenvalue weighted by atomic mass is 35.5. The summed E-state index contributed by atoms with van der Waals surface area (Å²) in [5.74, 6) is -1.07. The van der Waals surface area contributed by atoms with Gasteiger partial charge < -0.3 is 15.1 Å². The topological polar surface area (TPSA) is 74.2 Å². The van der Waals surface area contributed by atoms with Gasteiger partial charge in [0.15, 0.2) is 0 Å². The highest BCUT2D eigenvalue weighted by molar-refractivity contribution is 6.53. The van der Waals surface area contributed by atoms with E-state index in [9.17, 15) is 14.4 Å². The van der Waals surface area contributed by atoms with Crippen LogP contribution >= 0.6 is 11.6 Å². The number of benzene rings is 3. The second kappa shape index (κ2) is 11.2. The molecule has 8 heteroatoms. The maximum Gasteiger partial charge on any atom is 0.283 e. The monoisotopic (exact) mass is 529 g/mol. The predicted octanol–water partition coefficient (Wildman–Crippen LogP) is 3.23. The Morgan fingerprint density at radius 3 is 2.24 bits per heavy atom. The smallest absolute Gasteiger partial charge is 0.283 e. The van der Waals surface area contributed by atoms with E-state index in [2.05, 4.69) is 29.6 Å². The van der Waals surface area contributed by atoms with E-state index in [1.165, 1.54) is 10.5 Å². The van der Waals surface area contributed by atoms with Crippen LogP contribution in [0.3, 0.4) is 0 Å². The molecule has 0 aromatic heterocycles. The number of imide groups is 1. The van der Waals surface area contributed by atoms with Gasteiger partial charge in [-0.1, -0.05) is 67.1 Å². The van der Waals surface area contributed by atoms with Crippen molar-refractivity contribution in [3.05, 3.63) is 106 Å². The van der Waals surface area contributed by atoms with E-state index in [-0.39, 0.29) is 16.6 Å². The Morgan fingerprint density at radius 1 is 0.895 bits per heavy atom. The van der Waals surface area contributed by atoms with E-state index in [4.69, 9.17) is 11.6 Å². The van der Waals surface area contributed by atoms with Crippen LogP contribution in [-0.2, 0) is 22.6 Å².